The number of nitrogens with zero attached hydrogens (tertiary/aromatic N) is 1. The second kappa shape index (κ2) is 4.73. The van der Waals surface area contributed by atoms with Crippen molar-refractivity contribution in [2.45, 2.75) is 6.92 Å². The number of hydrogen-bond acceptors (Lipinski definition) is 2. The van der Waals surface area contributed by atoms with Gasteiger partial charge < -0.3 is 5.32 Å². The molecule has 0 bridgehead atoms. The monoisotopic (exact) mass is 248 g/mol. The number of aryl methyl sites for hydroxylation is 1. The van der Waals surface area contributed by atoms with Crippen molar-refractivity contribution in [3.05, 3.63) is 60.3 Å². The van der Waals surface area contributed by atoms with Crippen molar-refractivity contribution in [1.29, 1.82) is 0 Å². The van der Waals surface area contributed by atoms with Crippen molar-refractivity contribution in [2.75, 3.05) is 12.4 Å². The van der Waals surface area contributed by atoms with Gasteiger partial charge >= 0.3 is 0 Å². The maximum absolute atomic E-state index is 4.59. The minimum atomic E-state index is 1.05. The van der Waals surface area contributed by atoms with Crippen molar-refractivity contribution < 1.29 is 0 Å². The van der Waals surface area contributed by atoms with Gasteiger partial charge in [0, 0.05) is 29.9 Å². The van der Waals surface area contributed by atoms with Crippen LogP contribution in [0, 0.1) is 6.92 Å². The van der Waals surface area contributed by atoms with Crippen LogP contribution in [-0.4, -0.2) is 12.0 Å². The summed E-state index contributed by atoms with van der Waals surface area (Å²) in [5, 5.41) is 5.60. The molecule has 2 aromatic carbocycles. The zero-order valence-corrected chi connectivity index (χ0v) is 11.1. The smallest absolute Gasteiger partial charge is 0.0783 e. The van der Waals surface area contributed by atoms with Crippen molar-refractivity contribution in [3.63, 3.8) is 0 Å². The van der Waals surface area contributed by atoms with Crippen molar-refractivity contribution >= 4 is 16.5 Å². The Balaban J connectivity index is 2.30. The summed E-state index contributed by atoms with van der Waals surface area (Å²) in [6.07, 6.45) is 1.88. The van der Waals surface area contributed by atoms with E-state index in [9.17, 15) is 0 Å². The third-order valence-corrected chi connectivity index (χ3v) is 3.46. The van der Waals surface area contributed by atoms with Crippen LogP contribution in [0.3, 0.4) is 0 Å². The van der Waals surface area contributed by atoms with Crippen LogP contribution in [0.15, 0.2) is 54.7 Å². The van der Waals surface area contributed by atoms with E-state index in [-0.39, 0.29) is 0 Å². The Morgan fingerprint density at radius 3 is 2.68 bits per heavy atom. The molecule has 0 radical (unpaired) electrons. The number of hydrogen-bond donors (Lipinski definition) is 1. The van der Waals surface area contributed by atoms with Gasteiger partial charge in [-0.3, -0.25) is 4.98 Å². The molecule has 0 amide bonds. The van der Waals surface area contributed by atoms with Crippen molar-refractivity contribution in [1.82, 2.24) is 4.98 Å². The molecule has 0 saturated heterocycles. The van der Waals surface area contributed by atoms with E-state index in [1.807, 2.05) is 13.2 Å². The highest BCUT2D eigenvalue weighted by Gasteiger charge is 2.08. The van der Waals surface area contributed by atoms with Crippen LogP contribution in [0.2, 0.25) is 0 Å². The molecule has 0 spiro atoms. The highest BCUT2D eigenvalue weighted by atomic mass is 14.8. The Hall–Kier alpha value is -2.35. The number of anilines is 1. The van der Waals surface area contributed by atoms with Gasteiger partial charge in [0.2, 0.25) is 0 Å². The zero-order chi connectivity index (χ0) is 13.2. The number of nitrogens with one attached hydrogen (secondary N) is 1. The molecule has 3 rings (SSSR count). The minimum absolute atomic E-state index is 1.05. The van der Waals surface area contributed by atoms with Crippen LogP contribution in [0.4, 0.5) is 5.69 Å². The van der Waals surface area contributed by atoms with Crippen molar-refractivity contribution in [3.8, 4) is 11.3 Å². The number of pyridine rings is 1. The lowest BCUT2D eigenvalue weighted by molar-refractivity contribution is 1.33. The van der Waals surface area contributed by atoms with E-state index in [0.29, 0.717) is 0 Å². The van der Waals surface area contributed by atoms with Crippen LogP contribution in [0.25, 0.3) is 22.0 Å². The first-order valence-electron chi connectivity index (χ1n) is 6.42. The second-order valence-electron chi connectivity index (χ2n) is 4.66. The molecular formula is C17H16N2. The largest absolute Gasteiger partial charge is 0.388 e. The van der Waals surface area contributed by atoms with Gasteiger partial charge in [0.25, 0.3) is 0 Å². The molecule has 0 aliphatic carbocycles. The maximum Gasteiger partial charge on any atom is 0.0783 e. The van der Waals surface area contributed by atoms with E-state index in [1.54, 1.807) is 0 Å². The molecule has 0 atom stereocenters. The molecule has 3 aromatic rings. The third kappa shape index (κ3) is 2.06. The van der Waals surface area contributed by atoms with E-state index < -0.39 is 0 Å². The summed E-state index contributed by atoms with van der Waals surface area (Å²) in [6, 6.07) is 16.8. The van der Waals surface area contributed by atoms with E-state index in [1.165, 1.54) is 21.9 Å². The predicted molar refractivity (Wildman–Crippen MR) is 81.5 cm³/mol. The fourth-order valence-electron chi connectivity index (χ4n) is 2.37. The Labute approximate surface area is 113 Å². The fraction of sp³-hybridized carbons (Fsp3) is 0.118. The summed E-state index contributed by atoms with van der Waals surface area (Å²) in [7, 11) is 1.94. The molecule has 19 heavy (non-hydrogen) atoms. The van der Waals surface area contributed by atoms with Crippen LogP contribution >= 0.6 is 0 Å². The number of rotatable bonds is 2. The first kappa shape index (κ1) is 11.7. The molecular weight excluding hydrogens is 232 g/mol. The molecule has 0 fully saturated rings. The first-order chi connectivity index (χ1) is 9.29. The SMILES string of the molecule is CNc1ccc(C)c(-c2nccc3ccccc23)c1. The van der Waals surface area contributed by atoms with Crippen LogP contribution in [0.5, 0.6) is 0 Å². The molecule has 94 valence electrons. The second-order valence-corrected chi connectivity index (χ2v) is 4.66. The molecule has 0 unspecified atom stereocenters. The lowest BCUT2D eigenvalue weighted by atomic mass is 9.99. The van der Waals surface area contributed by atoms with Gasteiger partial charge in [0.05, 0.1) is 5.69 Å². The van der Waals surface area contributed by atoms with Crippen molar-refractivity contribution in [2.24, 2.45) is 0 Å². The lowest BCUT2D eigenvalue weighted by Crippen LogP contribution is -1.93. The Kier molecular flexibility index (Phi) is 2.92. The van der Waals surface area contributed by atoms with E-state index in [0.717, 1.165) is 11.4 Å². The maximum atomic E-state index is 4.59. The molecule has 0 aliphatic rings. The summed E-state index contributed by atoms with van der Waals surface area (Å²) in [5.41, 5.74) is 4.58. The van der Waals surface area contributed by atoms with Gasteiger partial charge in [-0.1, -0.05) is 30.3 Å². The van der Waals surface area contributed by atoms with Crippen LogP contribution in [-0.2, 0) is 0 Å². The molecule has 2 nitrogen and oxygen atoms in total. The summed E-state index contributed by atoms with van der Waals surface area (Å²) in [4.78, 5) is 4.59. The molecule has 1 N–H and O–H groups in total. The number of aromatic nitrogens is 1. The van der Waals surface area contributed by atoms with E-state index >= 15 is 0 Å². The van der Waals surface area contributed by atoms with E-state index in [4.69, 9.17) is 0 Å². The third-order valence-electron chi connectivity index (χ3n) is 3.46. The molecule has 0 aliphatic heterocycles. The fourth-order valence-corrected chi connectivity index (χ4v) is 2.37. The normalized spacial score (nSPS) is 10.6. The quantitative estimate of drug-likeness (QED) is 0.733. The summed E-state index contributed by atoms with van der Waals surface area (Å²) in [5.74, 6) is 0. The summed E-state index contributed by atoms with van der Waals surface area (Å²) in [6.45, 7) is 2.12. The number of benzene rings is 2. The van der Waals surface area contributed by atoms with Crippen LogP contribution in [0.1, 0.15) is 5.56 Å². The van der Waals surface area contributed by atoms with Gasteiger partial charge in [-0.2, -0.15) is 0 Å². The predicted octanol–water partition coefficient (Wildman–Crippen LogP) is 4.25. The van der Waals surface area contributed by atoms with Gasteiger partial charge in [-0.15, -0.1) is 0 Å². The standard InChI is InChI=1S/C17H16N2/c1-12-7-8-14(18-2)11-16(12)17-15-6-4-3-5-13(15)9-10-19-17/h3-11,18H,1-2H3. The molecule has 1 aromatic heterocycles. The van der Waals surface area contributed by atoms with Crippen LogP contribution < -0.4 is 5.32 Å². The van der Waals surface area contributed by atoms with Gasteiger partial charge in [0.15, 0.2) is 0 Å². The lowest BCUT2D eigenvalue weighted by Gasteiger charge is -2.10. The minimum Gasteiger partial charge on any atom is -0.388 e. The Morgan fingerprint density at radius 1 is 1.00 bits per heavy atom. The van der Waals surface area contributed by atoms with Gasteiger partial charge in [-0.05, 0) is 36.1 Å². The van der Waals surface area contributed by atoms with E-state index in [2.05, 4.69) is 65.8 Å². The summed E-state index contributed by atoms with van der Waals surface area (Å²) >= 11 is 0. The average molecular weight is 248 g/mol. The topological polar surface area (TPSA) is 24.9 Å². The molecule has 0 saturated carbocycles. The van der Waals surface area contributed by atoms with Gasteiger partial charge in [-0.25, -0.2) is 0 Å². The van der Waals surface area contributed by atoms with Gasteiger partial charge in [0.1, 0.15) is 0 Å². The molecule has 2 heteroatoms. The summed E-state index contributed by atoms with van der Waals surface area (Å²) < 4.78 is 0. The zero-order valence-electron chi connectivity index (χ0n) is 11.1. The Morgan fingerprint density at radius 2 is 1.84 bits per heavy atom. The highest BCUT2D eigenvalue weighted by Crippen LogP contribution is 2.30. The first-order valence-corrected chi connectivity index (χ1v) is 6.42. The number of fused-ring (bicyclic) bond motifs is 1. The highest BCUT2D eigenvalue weighted by molar-refractivity contribution is 5.95. The Bertz CT molecular complexity index is 727. The molecule has 1 heterocycles. The average Bonchev–Trinajstić information content (AvgIpc) is 2.47.